The van der Waals surface area contributed by atoms with Crippen LogP contribution in [0.3, 0.4) is 0 Å². The predicted molar refractivity (Wildman–Crippen MR) is 107 cm³/mol. The lowest BCUT2D eigenvalue weighted by Crippen LogP contribution is -2.05. The first-order valence-corrected chi connectivity index (χ1v) is 10.4. The molecule has 3 rings (SSSR count). The SMILES string of the molecule is CCS(=N)(=O)Cc1cccc(Nc2ncnc(-c3ccc(F)cc3OC)n2)c1. The lowest BCUT2D eigenvalue weighted by atomic mass is 10.2. The summed E-state index contributed by atoms with van der Waals surface area (Å²) in [6.07, 6.45) is 1.35. The zero-order valence-corrected chi connectivity index (χ0v) is 16.3. The molecule has 146 valence electrons. The van der Waals surface area contributed by atoms with Crippen molar-refractivity contribution < 1.29 is 13.3 Å². The molecule has 2 aromatic carbocycles. The summed E-state index contributed by atoms with van der Waals surface area (Å²) in [5, 5.41) is 3.08. The van der Waals surface area contributed by atoms with Crippen molar-refractivity contribution in [1.82, 2.24) is 15.0 Å². The van der Waals surface area contributed by atoms with Crippen LogP contribution in [-0.2, 0) is 15.5 Å². The van der Waals surface area contributed by atoms with Gasteiger partial charge in [-0.3, -0.25) is 4.78 Å². The van der Waals surface area contributed by atoms with Gasteiger partial charge in [-0.15, -0.1) is 0 Å². The van der Waals surface area contributed by atoms with E-state index in [-0.39, 0.29) is 5.75 Å². The van der Waals surface area contributed by atoms with Gasteiger partial charge in [-0.05, 0) is 29.8 Å². The summed E-state index contributed by atoms with van der Waals surface area (Å²) in [5.74, 6) is 1.04. The quantitative estimate of drug-likeness (QED) is 0.621. The first-order valence-electron chi connectivity index (χ1n) is 8.53. The van der Waals surface area contributed by atoms with E-state index >= 15 is 0 Å². The largest absolute Gasteiger partial charge is 0.496 e. The van der Waals surface area contributed by atoms with Crippen LogP contribution in [0.15, 0.2) is 48.8 Å². The maximum Gasteiger partial charge on any atom is 0.230 e. The van der Waals surface area contributed by atoms with E-state index in [2.05, 4.69) is 20.3 Å². The van der Waals surface area contributed by atoms with Crippen molar-refractivity contribution in [2.45, 2.75) is 12.7 Å². The number of nitrogens with zero attached hydrogens (tertiary/aromatic N) is 3. The molecule has 3 aromatic rings. The van der Waals surface area contributed by atoms with Crippen LogP contribution in [0, 0.1) is 10.6 Å². The van der Waals surface area contributed by atoms with E-state index in [1.807, 2.05) is 24.3 Å². The third-order valence-electron chi connectivity index (χ3n) is 4.03. The summed E-state index contributed by atoms with van der Waals surface area (Å²) in [6.45, 7) is 1.74. The van der Waals surface area contributed by atoms with Crippen LogP contribution in [0.2, 0.25) is 0 Å². The number of rotatable bonds is 7. The molecule has 0 saturated carbocycles. The van der Waals surface area contributed by atoms with Crippen LogP contribution in [0.4, 0.5) is 16.0 Å². The average Bonchev–Trinajstić information content (AvgIpc) is 2.68. The number of benzene rings is 2. The Hall–Kier alpha value is -3.07. The van der Waals surface area contributed by atoms with Crippen LogP contribution in [0.1, 0.15) is 12.5 Å². The fraction of sp³-hybridized carbons (Fsp3) is 0.211. The highest BCUT2D eigenvalue weighted by Gasteiger charge is 2.12. The standard InChI is InChI=1S/C19H20FN5O2S/c1-3-28(21,26)11-13-5-4-6-15(9-13)24-19-23-12-22-18(25-19)16-8-7-14(20)10-17(16)27-2/h4-10,12,21H,3,11H2,1-2H3,(H,22,23,24,25). The maximum atomic E-state index is 13.4. The molecule has 2 N–H and O–H groups in total. The summed E-state index contributed by atoms with van der Waals surface area (Å²) < 4.78 is 38.5. The van der Waals surface area contributed by atoms with Gasteiger partial charge in [0, 0.05) is 27.2 Å². The molecule has 0 radical (unpaired) electrons. The predicted octanol–water partition coefficient (Wildman–Crippen LogP) is 4.00. The second kappa shape index (κ2) is 8.30. The fourth-order valence-corrected chi connectivity index (χ4v) is 3.50. The van der Waals surface area contributed by atoms with E-state index in [4.69, 9.17) is 9.52 Å². The van der Waals surface area contributed by atoms with Crippen molar-refractivity contribution >= 4 is 21.4 Å². The minimum absolute atomic E-state index is 0.189. The number of aromatic nitrogens is 3. The average molecular weight is 401 g/mol. The van der Waals surface area contributed by atoms with Gasteiger partial charge in [0.05, 0.1) is 18.4 Å². The van der Waals surface area contributed by atoms with Crippen molar-refractivity contribution in [1.29, 1.82) is 4.78 Å². The molecule has 1 aromatic heterocycles. The van der Waals surface area contributed by atoms with E-state index < -0.39 is 15.5 Å². The van der Waals surface area contributed by atoms with Crippen LogP contribution < -0.4 is 10.1 Å². The van der Waals surface area contributed by atoms with Crippen molar-refractivity contribution in [2.24, 2.45) is 0 Å². The van der Waals surface area contributed by atoms with Gasteiger partial charge in [-0.25, -0.2) is 18.6 Å². The third-order valence-corrected chi connectivity index (χ3v) is 5.76. The Morgan fingerprint density at radius 2 is 2.04 bits per heavy atom. The summed E-state index contributed by atoms with van der Waals surface area (Å²) in [5.41, 5.74) is 2.04. The molecule has 0 fully saturated rings. The topological polar surface area (TPSA) is 101 Å². The Balaban J connectivity index is 1.86. The molecule has 0 spiro atoms. The number of anilines is 2. The van der Waals surface area contributed by atoms with Gasteiger partial charge in [0.1, 0.15) is 17.9 Å². The third kappa shape index (κ3) is 4.80. The molecule has 1 unspecified atom stereocenters. The molecule has 1 heterocycles. The second-order valence-electron chi connectivity index (χ2n) is 6.05. The van der Waals surface area contributed by atoms with Crippen molar-refractivity contribution in [3.8, 4) is 17.1 Å². The highest BCUT2D eigenvalue weighted by Crippen LogP contribution is 2.28. The lowest BCUT2D eigenvalue weighted by molar-refractivity contribution is 0.412. The van der Waals surface area contributed by atoms with E-state index in [0.717, 1.165) is 5.56 Å². The lowest BCUT2D eigenvalue weighted by Gasteiger charge is -2.10. The van der Waals surface area contributed by atoms with E-state index in [1.165, 1.54) is 25.6 Å². The molecule has 0 bridgehead atoms. The molecule has 0 saturated heterocycles. The normalized spacial score (nSPS) is 13.0. The zero-order valence-electron chi connectivity index (χ0n) is 15.5. The zero-order chi connectivity index (χ0) is 20.1. The van der Waals surface area contributed by atoms with Crippen LogP contribution >= 0.6 is 0 Å². The van der Waals surface area contributed by atoms with Gasteiger partial charge >= 0.3 is 0 Å². The molecule has 9 heteroatoms. The molecule has 0 aliphatic heterocycles. The summed E-state index contributed by atoms with van der Waals surface area (Å²) in [6, 6.07) is 11.4. The maximum absolute atomic E-state index is 13.4. The summed E-state index contributed by atoms with van der Waals surface area (Å²) in [7, 11) is -1.18. The highest BCUT2D eigenvalue weighted by atomic mass is 32.2. The number of ether oxygens (including phenoxy) is 1. The Morgan fingerprint density at radius 3 is 2.79 bits per heavy atom. The molecule has 1 atom stereocenters. The highest BCUT2D eigenvalue weighted by molar-refractivity contribution is 7.91. The summed E-state index contributed by atoms with van der Waals surface area (Å²) in [4.78, 5) is 12.6. The number of nitrogens with one attached hydrogen (secondary N) is 2. The minimum Gasteiger partial charge on any atom is -0.496 e. The Bertz CT molecular complexity index is 1090. The van der Waals surface area contributed by atoms with Gasteiger partial charge in [-0.1, -0.05) is 19.1 Å². The van der Waals surface area contributed by atoms with Crippen LogP contribution in [0.25, 0.3) is 11.4 Å². The molecule has 0 amide bonds. The van der Waals surface area contributed by atoms with Gasteiger partial charge in [0.25, 0.3) is 0 Å². The van der Waals surface area contributed by atoms with Crippen molar-refractivity contribution in [3.05, 3.63) is 60.2 Å². The minimum atomic E-state index is -2.63. The number of hydrogen-bond donors (Lipinski definition) is 2. The van der Waals surface area contributed by atoms with Gasteiger partial charge in [0.15, 0.2) is 5.82 Å². The van der Waals surface area contributed by atoms with Crippen molar-refractivity contribution in [3.63, 3.8) is 0 Å². The molecular formula is C19H20FN5O2S. The fourth-order valence-electron chi connectivity index (χ4n) is 2.58. The van der Waals surface area contributed by atoms with Gasteiger partial charge in [-0.2, -0.15) is 4.98 Å². The number of methoxy groups -OCH3 is 1. The molecule has 7 nitrogen and oxygen atoms in total. The van der Waals surface area contributed by atoms with Crippen LogP contribution in [0.5, 0.6) is 5.75 Å². The molecular weight excluding hydrogens is 381 g/mol. The van der Waals surface area contributed by atoms with E-state index in [1.54, 1.807) is 13.0 Å². The monoisotopic (exact) mass is 401 g/mol. The number of halogens is 1. The first-order chi connectivity index (χ1) is 13.4. The number of hydrogen-bond acceptors (Lipinski definition) is 7. The summed E-state index contributed by atoms with van der Waals surface area (Å²) >= 11 is 0. The second-order valence-corrected chi connectivity index (χ2v) is 8.54. The van der Waals surface area contributed by atoms with Crippen LogP contribution in [-0.4, -0.2) is 32.0 Å². The Labute approximate surface area is 163 Å². The van der Waals surface area contributed by atoms with E-state index in [9.17, 15) is 8.60 Å². The first kappa shape index (κ1) is 19.7. The molecule has 0 aliphatic rings. The van der Waals surface area contributed by atoms with Crippen molar-refractivity contribution in [2.75, 3.05) is 18.2 Å². The molecule has 0 aliphatic carbocycles. The smallest absolute Gasteiger partial charge is 0.230 e. The molecule has 28 heavy (non-hydrogen) atoms. The Morgan fingerprint density at radius 1 is 1.21 bits per heavy atom. The van der Waals surface area contributed by atoms with Gasteiger partial charge in [0.2, 0.25) is 5.95 Å². The Kier molecular flexibility index (Phi) is 5.84. The van der Waals surface area contributed by atoms with E-state index in [0.29, 0.717) is 34.5 Å². The van der Waals surface area contributed by atoms with Gasteiger partial charge < -0.3 is 10.1 Å².